The minimum absolute atomic E-state index is 0.531. The van der Waals surface area contributed by atoms with Crippen molar-refractivity contribution in [3.8, 4) is 12.3 Å². The van der Waals surface area contributed by atoms with E-state index in [4.69, 9.17) is 6.42 Å². The van der Waals surface area contributed by atoms with Gasteiger partial charge < -0.3 is 0 Å². The molecule has 0 N–H and O–H groups in total. The van der Waals surface area contributed by atoms with E-state index in [9.17, 15) is 4.39 Å². The molecule has 0 bridgehead atoms. The van der Waals surface area contributed by atoms with Crippen molar-refractivity contribution in [1.82, 2.24) is 0 Å². The Hall–Kier alpha value is -1.03. The van der Waals surface area contributed by atoms with E-state index in [-0.39, 0.29) is 0 Å². The largest absolute Gasteiger partial charge is 0.197 e. The molecule has 0 spiro atoms. The minimum atomic E-state index is -0.531. The quantitative estimate of drug-likeness (QED) is 0.372. The highest BCUT2D eigenvalue weighted by Gasteiger charge is 1.79. The van der Waals surface area contributed by atoms with Gasteiger partial charge in [0.2, 0.25) is 0 Å². The lowest BCUT2D eigenvalue weighted by Crippen LogP contribution is -1.63. The SMILES string of the molecule is C#C/C(F)=C\C=C(C)C. The Morgan fingerprint density at radius 1 is 1.44 bits per heavy atom. The summed E-state index contributed by atoms with van der Waals surface area (Å²) >= 11 is 0. The molecule has 0 heterocycles. The van der Waals surface area contributed by atoms with Crippen LogP contribution >= 0.6 is 0 Å². The molecule has 0 atom stereocenters. The molecule has 0 aliphatic rings. The van der Waals surface area contributed by atoms with E-state index in [1.165, 1.54) is 6.08 Å². The molecule has 0 saturated heterocycles. The first-order valence-corrected chi connectivity index (χ1v) is 2.64. The number of allylic oxidation sites excluding steroid dienone is 4. The number of hydrogen-bond acceptors (Lipinski definition) is 0. The summed E-state index contributed by atoms with van der Waals surface area (Å²) in [5.41, 5.74) is 1.03. The topological polar surface area (TPSA) is 0 Å². The fraction of sp³-hybridized carbons (Fsp3) is 0.250. The van der Waals surface area contributed by atoms with Crippen LogP contribution in [-0.2, 0) is 0 Å². The van der Waals surface area contributed by atoms with Gasteiger partial charge in [-0.05, 0) is 25.8 Å². The molecular weight excluding hydrogens is 115 g/mol. The van der Waals surface area contributed by atoms with E-state index >= 15 is 0 Å². The van der Waals surface area contributed by atoms with Crippen molar-refractivity contribution in [1.29, 1.82) is 0 Å². The van der Waals surface area contributed by atoms with Crippen molar-refractivity contribution in [2.24, 2.45) is 0 Å². The molecule has 9 heavy (non-hydrogen) atoms. The Morgan fingerprint density at radius 2 is 2.00 bits per heavy atom. The van der Waals surface area contributed by atoms with E-state index in [0.717, 1.165) is 5.57 Å². The number of halogens is 1. The summed E-state index contributed by atoms with van der Waals surface area (Å²) in [6.45, 7) is 3.75. The van der Waals surface area contributed by atoms with Gasteiger partial charge in [0.15, 0.2) is 5.83 Å². The summed E-state index contributed by atoms with van der Waals surface area (Å²) in [4.78, 5) is 0. The van der Waals surface area contributed by atoms with Crippen LogP contribution in [0.2, 0.25) is 0 Å². The molecule has 0 aromatic heterocycles. The lowest BCUT2D eigenvalue weighted by atomic mass is 10.3. The van der Waals surface area contributed by atoms with Gasteiger partial charge in [-0.2, -0.15) is 4.39 Å². The molecule has 0 saturated carbocycles. The molecule has 48 valence electrons. The average molecular weight is 124 g/mol. The van der Waals surface area contributed by atoms with Crippen LogP contribution in [-0.4, -0.2) is 0 Å². The fourth-order valence-corrected chi connectivity index (χ4v) is 0.288. The van der Waals surface area contributed by atoms with E-state index in [1.54, 1.807) is 6.08 Å². The van der Waals surface area contributed by atoms with Crippen LogP contribution in [0.3, 0.4) is 0 Å². The Labute approximate surface area is 55.1 Å². The molecule has 1 heteroatoms. The van der Waals surface area contributed by atoms with Crippen molar-refractivity contribution >= 4 is 0 Å². The number of rotatable bonds is 1. The van der Waals surface area contributed by atoms with Crippen molar-refractivity contribution in [3.05, 3.63) is 23.6 Å². The zero-order valence-corrected chi connectivity index (χ0v) is 5.61. The first kappa shape index (κ1) is 7.97. The van der Waals surface area contributed by atoms with Gasteiger partial charge in [-0.15, -0.1) is 6.42 Å². The number of terminal acetylenes is 1. The van der Waals surface area contributed by atoms with E-state index < -0.39 is 5.83 Å². The zero-order chi connectivity index (χ0) is 7.28. The third kappa shape index (κ3) is 4.83. The molecule has 0 rings (SSSR count). The van der Waals surface area contributed by atoms with E-state index in [1.807, 2.05) is 19.8 Å². The molecule has 0 radical (unpaired) electrons. The highest BCUT2D eigenvalue weighted by atomic mass is 19.1. The van der Waals surface area contributed by atoms with Crippen LogP contribution in [0.4, 0.5) is 4.39 Å². The van der Waals surface area contributed by atoms with Crippen molar-refractivity contribution in [2.75, 3.05) is 0 Å². The smallest absolute Gasteiger partial charge is 0.172 e. The van der Waals surface area contributed by atoms with Gasteiger partial charge in [0.25, 0.3) is 0 Å². The molecular formula is C8H9F. The fourth-order valence-electron chi connectivity index (χ4n) is 0.288. The summed E-state index contributed by atoms with van der Waals surface area (Å²) in [6, 6.07) is 0. The summed E-state index contributed by atoms with van der Waals surface area (Å²) in [5, 5.41) is 0. The first-order chi connectivity index (χ1) is 4.16. The predicted molar refractivity (Wildman–Crippen MR) is 37.5 cm³/mol. The van der Waals surface area contributed by atoms with Crippen molar-refractivity contribution in [2.45, 2.75) is 13.8 Å². The van der Waals surface area contributed by atoms with Crippen LogP contribution in [0.5, 0.6) is 0 Å². The second-order valence-corrected chi connectivity index (χ2v) is 1.90. The van der Waals surface area contributed by atoms with Crippen LogP contribution in [0.15, 0.2) is 23.6 Å². The lowest BCUT2D eigenvalue weighted by molar-refractivity contribution is 0.676. The Bertz CT molecular complexity index is 175. The first-order valence-electron chi connectivity index (χ1n) is 2.64. The van der Waals surface area contributed by atoms with Gasteiger partial charge >= 0.3 is 0 Å². The summed E-state index contributed by atoms with van der Waals surface area (Å²) in [5.74, 6) is 1.34. The summed E-state index contributed by atoms with van der Waals surface area (Å²) in [6.07, 6.45) is 7.64. The average Bonchev–Trinajstić information content (AvgIpc) is 1.83. The third-order valence-electron chi connectivity index (χ3n) is 0.701. The van der Waals surface area contributed by atoms with E-state index in [0.29, 0.717) is 0 Å². The van der Waals surface area contributed by atoms with Crippen LogP contribution in [0.25, 0.3) is 0 Å². The van der Waals surface area contributed by atoms with Crippen molar-refractivity contribution in [3.63, 3.8) is 0 Å². The molecule has 0 aromatic rings. The van der Waals surface area contributed by atoms with Crippen LogP contribution in [0, 0.1) is 12.3 Å². The van der Waals surface area contributed by atoms with Gasteiger partial charge in [0, 0.05) is 0 Å². The Kier molecular flexibility index (Phi) is 3.46. The monoisotopic (exact) mass is 124 g/mol. The molecule has 0 nitrogen and oxygen atoms in total. The molecule has 0 aromatic carbocycles. The third-order valence-corrected chi connectivity index (χ3v) is 0.701. The zero-order valence-electron chi connectivity index (χ0n) is 5.61. The highest BCUT2D eigenvalue weighted by molar-refractivity contribution is 5.23. The Balaban J connectivity index is 4.03. The second kappa shape index (κ2) is 3.91. The summed E-state index contributed by atoms with van der Waals surface area (Å²) < 4.78 is 12.1. The molecule has 0 aliphatic carbocycles. The standard InChI is InChI=1S/C8H9F/c1-4-8(9)6-5-7(2)3/h1,5-6H,2-3H3/b8-6+. The minimum Gasteiger partial charge on any atom is -0.197 e. The normalized spacial score (nSPS) is 10.2. The van der Waals surface area contributed by atoms with Gasteiger partial charge in [-0.25, -0.2) is 0 Å². The van der Waals surface area contributed by atoms with Gasteiger partial charge in [0.1, 0.15) is 0 Å². The highest BCUT2D eigenvalue weighted by Crippen LogP contribution is 1.96. The van der Waals surface area contributed by atoms with Crippen LogP contribution in [0.1, 0.15) is 13.8 Å². The summed E-state index contributed by atoms with van der Waals surface area (Å²) in [7, 11) is 0. The molecule has 0 fully saturated rings. The predicted octanol–water partition coefficient (Wildman–Crippen LogP) is 2.44. The molecule has 0 amide bonds. The van der Waals surface area contributed by atoms with Crippen molar-refractivity contribution < 1.29 is 4.39 Å². The van der Waals surface area contributed by atoms with Gasteiger partial charge in [-0.1, -0.05) is 11.6 Å². The lowest BCUT2D eigenvalue weighted by Gasteiger charge is -1.81. The van der Waals surface area contributed by atoms with Crippen LogP contribution < -0.4 is 0 Å². The maximum atomic E-state index is 12.1. The Morgan fingerprint density at radius 3 is 2.33 bits per heavy atom. The van der Waals surface area contributed by atoms with Gasteiger partial charge in [-0.3, -0.25) is 0 Å². The number of hydrogen-bond donors (Lipinski definition) is 0. The molecule has 0 aliphatic heterocycles. The maximum Gasteiger partial charge on any atom is 0.172 e. The molecule has 0 unspecified atom stereocenters. The second-order valence-electron chi connectivity index (χ2n) is 1.90. The van der Waals surface area contributed by atoms with Gasteiger partial charge in [0.05, 0.1) is 0 Å². The maximum absolute atomic E-state index is 12.1. The van der Waals surface area contributed by atoms with E-state index in [2.05, 4.69) is 0 Å².